The number of imidazole rings is 2. The number of benzene rings is 1. The third-order valence-corrected chi connectivity index (χ3v) is 7.32. The first-order valence-electron chi connectivity index (χ1n) is 12.4. The van der Waals surface area contributed by atoms with E-state index in [0.29, 0.717) is 6.54 Å². The quantitative estimate of drug-likeness (QED) is 0.311. The van der Waals surface area contributed by atoms with Gasteiger partial charge < -0.3 is 24.7 Å². The maximum Gasteiger partial charge on any atom is 0.332 e. The van der Waals surface area contributed by atoms with Crippen molar-refractivity contribution in [3.05, 3.63) is 57.3 Å². The Morgan fingerprint density at radius 2 is 1.95 bits per heavy atom. The molecule has 202 valence electrons. The smallest absolute Gasteiger partial charge is 0.332 e. The van der Waals surface area contributed by atoms with Crippen molar-refractivity contribution in [1.82, 2.24) is 38.5 Å². The lowest BCUT2D eigenvalue weighted by atomic mass is 9.91. The van der Waals surface area contributed by atoms with Crippen LogP contribution in [0, 0.1) is 0 Å². The summed E-state index contributed by atoms with van der Waals surface area (Å²) in [5.74, 6) is 0.486. The molecule has 1 saturated heterocycles. The van der Waals surface area contributed by atoms with Crippen LogP contribution in [0.2, 0.25) is 0 Å². The molecular formula is C25H32N8O5. The number of aliphatic hydroxyl groups is 2. The summed E-state index contributed by atoms with van der Waals surface area (Å²) in [5, 5.41) is 22.1. The zero-order chi connectivity index (χ0) is 27.4. The second-order valence-corrected chi connectivity index (χ2v) is 10.4. The highest BCUT2D eigenvalue weighted by atomic mass is 16.3. The van der Waals surface area contributed by atoms with Gasteiger partial charge in [-0.1, -0.05) is 12.1 Å². The molecule has 1 aliphatic rings. The van der Waals surface area contributed by atoms with Crippen LogP contribution >= 0.6 is 0 Å². The average molecular weight is 525 g/mol. The van der Waals surface area contributed by atoms with Crippen LogP contribution in [0.15, 0.2) is 40.2 Å². The molecule has 13 nitrogen and oxygen atoms in total. The number of H-pyrrole nitrogens is 1. The summed E-state index contributed by atoms with van der Waals surface area (Å²) in [7, 11) is 4.70. The molecule has 0 saturated carbocycles. The predicted octanol–water partition coefficient (Wildman–Crippen LogP) is -0.673. The Balaban J connectivity index is 1.41. The third-order valence-electron chi connectivity index (χ3n) is 7.32. The van der Waals surface area contributed by atoms with Crippen LogP contribution in [-0.2, 0) is 25.4 Å². The number of amides is 1. The molecule has 0 unspecified atom stereocenters. The first kappa shape index (κ1) is 25.8. The normalized spacial score (nSPS) is 22.4. The monoisotopic (exact) mass is 524 g/mol. The average Bonchev–Trinajstić information content (AvgIpc) is 3.44. The molecule has 0 aliphatic carbocycles. The van der Waals surface area contributed by atoms with Gasteiger partial charge >= 0.3 is 5.69 Å². The number of carbonyl (C=O) groups is 1. The number of hydrogen-bond donors (Lipinski definition) is 3. The van der Waals surface area contributed by atoms with Crippen molar-refractivity contribution in [2.45, 2.75) is 37.6 Å². The first-order valence-corrected chi connectivity index (χ1v) is 12.4. The lowest BCUT2D eigenvalue weighted by molar-refractivity contribution is -0.133. The van der Waals surface area contributed by atoms with Gasteiger partial charge in [0.25, 0.3) is 5.56 Å². The molecule has 0 radical (unpaired) electrons. The van der Waals surface area contributed by atoms with Gasteiger partial charge in [-0.05, 0) is 26.1 Å². The molecule has 1 amide bonds. The van der Waals surface area contributed by atoms with Crippen LogP contribution in [0.1, 0.15) is 25.2 Å². The highest BCUT2D eigenvalue weighted by Crippen LogP contribution is 2.33. The second kappa shape index (κ2) is 9.49. The molecule has 3 atom stereocenters. The number of aromatic amines is 1. The summed E-state index contributed by atoms with van der Waals surface area (Å²) in [4.78, 5) is 54.2. The topological polar surface area (TPSA) is 155 Å². The number of aryl methyl sites for hydroxylation is 1. The number of hydrogen-bond acceptors (Lipinski definition) is 8. The molecular weight excluding hydrogens is 492 g/mol. The Bertz CT molecular complexity index is 1600. The molecule has 13 heteroatoms. The van der Waals surface area contributed by atoms with Crippen LogP contribution < -0.4 is 11.2 Å². The van der Waals surface area contributed by atoms with Crippen LogP contribution in [-0.4, -0.2) is 93.0 Å². The lowest BCUT2D eigenvalue weighted by Crippen LogP contribution is -2.46. The number of likely N-dealkylation sites (tertiary alicyclic amines) is 1. The molecule has 4 aromatic rings. The number of carbonyl (C=O) groups excluding carboxylic acids is 1. The number of para-hydroxylation sites is 2. The Kier molecular flexibility index (Phi) is 6.45. The minimum absolute atomic E-state index is 0.0119. The number of aliphatic hydroxyl groups excluding tert-OH is 1. The minimum Gasteiger partial charge on any atom is -0.391 e. The molecule has 38 heavy (non-hydrogen) atoms. The molecule has 3 aromatic heterocycles. The van der Waals surface area contributed by atoms with Gasteiger partial charge in [0, 0.05) is 33.6 Å². The van der Waals surface area contributed by atoms with Gasteiger partial charge in [0.05, 0.1) is 48.2 Å². The minimum atomic E-state index is -1.47. The standard InChI is InChI=1S/C25H32N8O5/c1-25(38)9-15(34)10-32(20(35)13-29(2)12-19-27-16-7-5-6-8-17(16)28-19)11-18(25)33-14-26-22-21(33)23(36)31(4)24(37)30(22)3/h5-8,14-15,18,34,38H,9-13H2,1-4H3,(H,27,28)/t15-,18+,25+/m1/s1. The molecule has 0 spiro atoms. The van der Waals surface area contributed by atoms with Crippen molar-refractivity contribution in [2.75, 3.05) is 26.7 Å². The van der Waals surface area contributed by atoms with Crippen molar-refractivity contribution < 1.29 is 15.0 Å². The zero-order valence-electron chi connectivity index (χ0n) is 21.8. The number of likely N-dealkylation sites (N-methyl/N-ethyl adjacent to an activating group) is 1. The second-order valence-electron chi connectivity index (χ2n) is 10.4. The number of nitrogens with zero attached hydrogens (tertiary/aromatic N) is 7. The van der Waals surface area contributed by atoms with Crippen LogP contribution in [0.5, 0.6) is 0 Å². The number of fused-ring (bicyclic) bond motifs is 2. The Labute approximate surface area is 217 Å². The van der Waals surface area contributed by atoms with E-state index in [9.17, 15) is 24.6 Å². The van der Waals surface area contributed by atoms with Gasteiger partial charge in [-0.2, -0.15) is 0 Å². The van der Waals surface area contributed by atoms with Crippen LogP contribution in [0.25, 0.3) is 22.2 Å². The van der Waals surface area contributed by atoms with E-state index >= 15 is 0 Å². The summed E-state index contributed by atoms with van der Waals surface area (Å²) in [6.45, 7) is 2.11. The molecule has 5 rings (SSSR count). The summed E-state index contributed by atoms with van der Waals surface area (Å²) in [6.07, 6.45) is 0.419. The van der Waals surface area contributed by atoms with Gasteiger partial charge in [-0.25, -0.2) is 14.8 Å². The molecule has 0 bridgehead atoms. The van der Waals surface area contributed by atoms with Crippen molar-refractivity contribution >= 4 is 28.1 Å². The lowest BCUT2D eigenvalue weighted by Gasteiger charge is -2.34. The number of nitrogens with one attached hydrogen (secondary N) is 1. The van der Waals surface area contributed by atoms with E-state index in [0.717, 1.165) is 21.4 Å². The molecule has 4 heterocycles. The summed E-state index contributed by atoms with van der Waals surface area (Å²) in [5.41, 5.74) is -0.446. The maximum atomic E-state index is 13.4. The summed E-state index contributed by atoms with van der Waals surface area (Å²) >= 11 is 0. The van der Waals surface area contributed by atoms with Crippen LogP contribution in [0.3, 0.4) is 0 Å². The van der Waals surface area contributed by atoms with E-state index < -0.39 is 29.0 Å². The molecule has 1 fully saturated rings. The fourth-order valence-corrected chi connectivity index (χ4v) is 5.33. The Hall–Kier alpha value is -3.81. The van der Waals surface area contributed by atoms with Crippen molar-refractivity contribution in [2.24, 2.45) is 14.1 Å². The number of aromatic nitrogens is 6. The fraction of sp³-hybridized carbons (Fsp3) is 0.480. The fourth-order valence-electron chi connectivity index (χ4n) is 5.33. The van der Waals surface area contributed by atoms with E-state index in [1.165, 1.54) is 34.5 Å². The predicted molar refractivity (Wildman–Crippen MR) is 140 cm³/mol. The van der Waals surface area contributed by atoms with E-state index in [-0.39, 0.29) is 43.1 Å². The SMILES string of the molecule is CN(CC(=O)N1C[C@H](O)C[C@](C)(O)[C@@H](n2cnc3c2c(=O)n(C)c(=O)n3C)C1)Cc1nc2ccccc2[nH]1. The molecule has 1 aromatic carbocycles. The highest BCUT2D eigenvalue weighted by Gasteiger charge is 2.42. The van der Waals surface area contributed by atoms with Crippen molar-refractivity contribution in [1.29, 1.82) is 0 Å². The largest absolute Gasteiger partial charge is 0.391 e. The summed E-state index contributed by atoms with van der Waals surface area (Å²) in [6, 6.07) is 6.89. The highest BCUT2D eigenvalue weighted by molar-refractivity contribution is 5.78. The van der Waals surface area contributed by atoms with Gasteiger partial charge in [-0.15, -0.1) is 0 Å². The number of β-amino-alcohol motifs (C(OH)–C–C–N with tert-alkyl or cyclic N) is 1. The van der Waals surface area contributed by atoms with E-state index in [1.54, 1.807) is 14.0 Å². The molecule has 3 N–H and O–H groups in total. The Morgan fingerprint density at radius 3 is 2.68 bits per heavy atom. The zero-order valence-corrected chi connectivity index (χ0v) is 21.8. The van der Waals surface area contributed by atoms with E-state index in [4.69, 9.17) is 0 Å². The van der Waals surface area contributed by atoms with Crippen molar-refractivity contribution in [3.63, 3.8) is 0 Å². The summed E-state index contributed by atoms with van der Waals surface area (Å²) < 4.78 is 3.77. The van der Waals surface area contributed by atoms with Gasteiger partial charge in [0.1, 0.15) is 5.82 Å². The van der Waals surface area contributed by atoms with E-state index in [2.05, 4.69) is 15.0 Å². The third kappa shape index (κ3) is 4.52. The first-order chi connectivity index (χ1) is 18.0. The Morgan fingerprint density at radius 1 is 1.21 bits per heavy atom. The molecule has 1 aliphatic heterocycles. The maximum absolute atomic E-state index is 13.4. The van der Waals surface area contributed by atoms with Gasteiger partial charge in [0.2, 0.25) is 5.91 Å². The number of rotatable bonds is 5. The van der Waals surface area contributed by atoms with Gasteiger partial charge in [-0.3, -0.25) is 23.6 Å². The van der Waals surface area contributed by atoms with Crippen molar-refractivity contribution in [3.8, 4) is 0 Å². The van der Waals surface area contributed by atoms with Gasteiger partial charge in [0.15, 0.2) is 11.2 Å². The van der Waals surface area contributed by atoms with E-state index in [1.807, 2.05) is 29.2 Å². The van der Waals surface area contributed by atoms with Crippen LogP contribution in [0.4, 0.5) is 0 Å².